The summed E-state index contributed by atoms with van der Waals surface area (Å²) in [7, 11) is 1.78. The highest BCUT2D eigenvalue weighted by atomic mass is 127. The Morgan fingerprint density at radius 3 is 2.56 bits per heavy atom. The number of aromatic nitrogens is 2. The first-order valence-electron chi connectivity index (χ1n) is 5.07. The van der Waals surface area contributed by atoms with Crippen LogP contribution in [0.3, 0.4) is 0 Å². The van der Waals surface area contributed by atoms with Gasteiger partial charge in [0.15, 0.2) is 5.82 Å². The minimum absolute atomic E-state index is 0.0538. The van der Waals surface area contributed by atoms with Crippen LogP contribution >= 0.6 is 22.6 Å². The molecule has 92 valence electrons. The summed E-state index contributed by atoms with van der Waals surface area (Å²) in [5, 5.41) is 13.5. The summed E-state index contributed by atoms with van der Waals surface area (Å²) in [5.41, 5.74) is 0.798. The second kappa shape index (κ2) is 5.25. The van der Waals surface area contributed by atoms with Crippen LogP contribution in [0.1, 0.15) is 0 Å². The van der Waals surface area contributed by atoms with Gasteiger partial charge >= 0.3 is 0 Å². The monoisotopic (exact) mass is 356 g/mol. The number of anilines is 1. The zero-order valence-electron chi connectivity index (χ0n) is 9.42. The Kier molecular flexibility index (Phi) is 3.70. The van der Waals surface area contributed by atoms with Crippen LogP contribution in [0.2, 0.25) is 0 Å². The van der Waals surface area contributed by atoms with Gasteiger partial charge in [0, 0.05) is 30.9 Å². The SMILES string of the molecule is CNc1nc(-c2ccc([N+](=O)[O-])cc2)ncc1I. The van der Waals surface area contributed by atoms with Crippen molar-refractivity contribution < 1.29 is 4.92 Å². The lowest BCUT2D eigenvalue weighted by atomic mass is 10.2. The topological polar surface area (TPSA) is 81.0 Å². The van der Waals surface area contributed by atoms with Crippen LogP contribution in [0, 0.1) is 13.7 Å². The van der Waals surface area contributed by atoms with Gasteiger partial charge in [-0.1, -0.05) is 0 Å². The predicted octanol–water partition coefficient (Wildman–Crippen LogP) is 2.70. The fraction of sp³-hybridized carbons (Fsp3) is 0.0909. The largest absolute Gasteiger partial charge is 0.372 e. The lowest BCUT2D eigenvalue weighted by Crippen LogP contribution is -1.99. The molecule has 0 amide bonds. The van der Waals surface area contributed by atoms with Crippen LogP contribution in [-0.4, -0.2) is 21.9 Å². The summed E-state index contributed by atoms with van der Waals surface area (Å²) >= 11 is 2.13. The van der Waals surface area contributed by atoms with Gasteiger partial charge in [0.25, 0.3) is 5.69 Å². The molecule has 0 aliphatic rings. The summed E-state index contributed by atoms with van der Waals surface area (Å²) in [6.07, 6.45) is 1.70. The third-order valence-electron chi connectivity index (χ3n) is 2.32. The average molecular weight is 356 g/mol. The molecule has 6 nitrogen and oxygen atoms in total. The van der Waals surface area contributed by atoms with Crippen molar-refractivity contribution in [3.8, 4) is 11.4 Å². The van der Waals surface area contributed by atoms with Crippen LogP contribution in [0.15, 0.2) is 30.5 Å². The maximum absolute atomic E-state index is 10.6. The van der Waals surface area contributed by atoms with E-state index >= 15 is 0 Å². The van der Waals surface area contributed by atoms with E-state index in [4.69, 9.17) is 0 Å². The van der Waals surface area contributed by atoms with E-state index in [1.54, 1.807) is 25.4 Å². The third-order valence-corrected chi connectivity index (χ3v) is 3.11. The lowest BCUT2D eigenvalue weighted by molar-refractivity contribution is -0.384. The van der Waals surface area contributed by atoms with Crippen molar-refractivity contribution in [1.82, 2.24) is 9.97 Å². The Balaban J connectivity index is 2.39. The normalized spacial score (nSPS) is 10.1. The molecule has 18 heavy (non-hydrogen) atoms. The molecule has 0 bridgehead atoms. The first kappa shape index (κ1) is 12.7. The number of halogens is 1. The van der Waals surface area contributed by atoms with Crippen molar-refractivity contribution in [3.63, 3.8) is 0 Å². The van der Waals surface area contributed by atoms with Crippen molar-refractivity contribution in [2.45, 2.75) is 0 Å². The molecule has 1 aromatic carbocycles. The van der Waals surface area contributed by atoms with E-state index in [9.17, 15) is 10.1 Å². The summed E-state index contributed by atoms with van der Waals surface area (Å²) in [6, 6.07) is 6.16. The molecule has 7 heteroatoms. The molecule has 0 atom stereocenters. The molecule has 2 rings (SSSR count). The number of hydrogen-bond acceptors (Lipinski definition) is 5. The van der Waals surface area contributed by atoms with E-state index in [-0.39, 0.29) is 5.69 Å². The van der Waals surface area contributed by atoms with Gasteiger partial charge in [0.1, 0.15) is 5.82 Å². The number of nitrogens with zero attached hydrogens (tertiary/aromatic N) is 3. The maximum atomic E-state index is 10.6. The number of hydrogen-bond donors (Lipinski definition) is 1. The molecular weight excluding hydrogens is 347 g/mol. The van der Waals surface area contributed by atoms with Gasteiger partial charge < -0.3 is 5.32 Å². The molecule has 0 fully saturated rings. The second-order valence-electron chi connectivity index (χ2n) is 3.44. The highest BCUT2D eigenvalue weighted by Crippen LogP contribution is 2.22. The van der Waals surface area contributed by atoms with Gasteiger partial charge in [0.05, 0.1) is 8.49 Å². The quantitative estimate of drug-likeness (QED) is 0.520. The highest BCUT2D eigenvalue weighted by Gasteiger charge is 2.08. The van der Waals surface area contributed by atoms with Crippen molar-refractivity contribution in [2.75, 3.05) is 12.4 Å². The molecule has 0 aliphatic carbocycles. The van der Waals surface area contributed by atoms with Crippen LogP contribution < -0.4 is 5.32 Å². The summed E-state index contributed by atoms with van der Waals surface area (Å²) in [4.78, 5) is 18.7. The zero-order valence-corrected chi connectivity index (χ0v) is 11.6. The van der Waals surface area contributed by atoms with Crippen molar-refractivity contribution in [1.29, 1.82) is 0 Å². The third kappa shape index (κ3) is 2.55. The van der Waals surface area contributed by atoms with Crippen molar-refractivity contribution in [2.24, 2.45) is 0 Å². The van der Waals surface area contributed by atoms with Gasteiger partial charge in [-0.3, -0.25) is 10.1 Å². The molecule has 2 aromatic rings. The minimum Gasteiger partial charge on any atom is -0.372 e. The molecule has 0 radical (unpaired) electrons. The van der Waals surface area contributed by atoms with E-state index in [1.807, 2.05) is 0 Å². The molecular formula is C11H9IN4O2. The second-order valence-corrected chi connectivity index (χ2v) is 4.61. The van der Waals surface area contributed by atoms with E-state index in [1.165, 1.54) is 12.1 Å². The standard InChI is InChI=1S/C11H9IN4O2/c1-13-11-9(12)6-14-10(15-11)7-2-4-8(5-3-7)16(17)18/h2-6H,1H3,(H,13,14,15). The summed E-state index contributed by atoms with van der Waals surface area (Å²) in [6.45, 7) is 0. The Labute approximate surface area is 117 Å². The van der Waals surface area contributed by atoms with Gasteiger partial charge in [-0.05, 0) is 34.7 Å². The first-order valence-corrected chi connectivity index (χ1v) is 6.15. The van der Waals surface area contributed by atoms with Crippen LogP contribution in [0.25, 0.3) is 11.4 Å². The van der Waals surface area contributed by atoms with Crippen LogP contribution in [-0.2, 0) is 0 Å². The summed E-state index contributed by atoms with van der Waals surface area (Å²) in [5.74, 6) is 1.27. The average Bonchev–Trinajstić information content (AvgIpc) is 2.39. The number of non-ortho nitro benzene ring substituents is 1. The molecule has 0 spiro atoms. The minimum atomic E-state index is -0.433. The number of nitrogens with one attached hydrogen (secondary N) is 1. The number of rotatable bonds is 3. The Morgan fingerprint density at radius 2 is 2.00 bits per heavy atom. The number of nitro benzene ring substituents is 1. The molecule has 1 N–H and O–H groups in total. The molecule has 1 aromatic heterocycles. The van der Waals surface area contributed by atoms with Gasteiger partial charge in [-0.15, -0.1) is 0 Å². The van der Waals surface area contributed by atoms with E-state index in [2.05, 4.69) is 37.9 Å². The Morgan fingerprint density at radius 1 is 1.33 bits per heavy atom. The summed E-state index contributed by atoms with van der Waals surface area (Å²) < 4.78 is 0.917. The molecule has 0 unspecified atom stereocenters. The fourth-order valence-electron chi connectivity index (χ4n) is 1.41. The van der Waals surface area contributed by atoms with Crippen LogP contribution in [0.4, 0.5) is 11.5 Å². The van der Waals surface area contributed by atoms with Gasteiger partial charge in [-0.25, -0.2) is 9.97 Å². The van der Waals surface area contributed by atoms with Gasteiger partial charge in [-0.2, -0.15) is 0 Å². The molecule has 0 aliphatic heterocycles. The molecule has 0 saturated heterocycles. The van der Waals surface area contributed by atoms with E-state index in [0.29, 0.717) is 5.82 Å². The van der Waals surface area contributed by atoms with E-state index in [0.717, 1.165) is 15.0 Å². The predicted molar refractivity (Wildman–Crippen MR) is 76.4 cm³/mol. The number of nitro groups is 1. The smallest absolute Gasteiger partial charge is 0.269 e. The molecule has 1 heterocycles. The number of benzene rings is 1. The van der Waals surface area contributed by atoms with Crippen molar-refractivity contribution >= 4 is 34.1 Å². The highest BCUT2D eigenvalue weighted by molar-refractivity contribution is 14.1. The fourth-order valence-corrected chi connectivity index (χ4v) is 1.94. The van der Waals surface area contributed by atoms with Gasteiger partial charge in [0.2, 0.25) is 0 Å². The molecule has 0 saturated carbocycles. The zero-order chi connectivity index (χ0) is 13.1. The first-order chi connectivity index (χ1) is 8.61. The Hall–Kier alpha value is -1.77. The maximum Gasteiger partial charge on any atom is 0.269 e. The Bertz CT molecular complexity index is 586. The van der Waals surface area contributed by atoms with Crippen LogP contribution in [0.5, 0.6) is 0 Å². The lowest BCUT2D eigenvalue weighted by Gasteiger charge is -2.05. The van der Waals surface area contributed by atoms with E-state index < -0.39 is 4.92 Å². The van der Waals surface area contributed by atoms with Crippen molar-refractivity contribution in [3.05, 3.63) is 44.1 Å².